The molecule has 1 aromatic carbocycles. The van der Waals surface area contributed by atoms with Crippen LogP contribution in [0, 0.1) is 0 Å². The molecule has 1 saturated heterocycles. The average Bonchev–Trinajstić information content (AvgIpc) is 2.59. The minimum atomic E-state index is -0.0118. The third-order valence-electron chi connectivity index (χ3n) is 3.80. The number of ketones is 1. The van der Waals surface area contributed by atoms with E-state index in [0.29, 0.717) is 22.8 Å². The Kier molecular flexibility index (Phi) is 6.68. The van der Waals surface area contributed by atoms with Crippen molar-refractivity contribution < 1.29 is 14.3 Å². The molecule has 1 aliphatic rings. The van der Waals surface area contributed by atoms with Crippen LogP contribution in [0.5, 0.6) is 11.5 Å². The van der Waals surface area contributed by atoms with Gasteiger partial charge in [-0.25, -0.2) is 0 Å². The lowest BCUT2D eigenvalue weighted by Crippen LogP contribution is -2.45. The molecule has 0 aromatic heterocycles. The quantitative estimate of drug-likeness (QED) is 0.593. The number of likely N-dealkylation sites (N-methyl/N-ethyl adjacent to an activating group) is 1. The summed E-state index contributed by atoms with van der Waals surface area (Å²) >= 11 is 6.87. The highest BCUT2D eigenvalue weighted by Crippen LogP contribution is 2.26. The second kappa shape index (κ2) is 8.52. The van der Waals surface area contributed by atoms with Gasteiger partial charge in [-0.15, -0.1) is 0 Å². The summed E-state index contributed by atoms with van der Waals surface area (Å²) < 4.78 is 11.2. The van der Waals surface area contributed by atoms with Gasteiger partial charge < -0.3 is 19.3 Å². The highest BCUT2D eigenvalue weighted by atomic mass is 32.2. The van der Waals surface area contributed by atoms with E-state index in [1.165, 1.54) is 11.8 Å². The first-order valence-corrected chi connectivity index (χ1v) is 8.80. The van der Waals surface area contributed by atoms with Gasteiger partial charge in [-0.2, -0.15) is 0 Å². The van der Waals surface area contributed by atoms with Gasteiger partial charge >= 0.3 is 0 Å². The normalized spacial score (nSPS) is 15.3. The van der Waals surface area contributed by atoms with E-state index in [1.54, 1.807) is 32.4 Å². The van der Waals surface area contributed by atoms with Crippen LogP contribution in [0.3, 0.4) is 0 Å². The number of rotatable bonds is 5. The third kappa shape index (κ3) is 4.83. The van der Waals surface area contributed by atoms with Gasteiger partial charge in [0.1, 0.15) is 15.8 Å². The van der Waals surface area contributed by atoms with Crippen LogP contribution in [0.15, 0.2) is 18.2 Å². The molecule has 1 fully saturated rings. The molecule has 1 heterocycles. The van der Waals surface area contributed by atoms with Gasteiger partial charge in [-0.05, 0) is 25.2 Å². The standard InChI is InChI=1S/C16H22N2O3S2/c1-17-6-8-18(9-7-17)16(22)23-11-14(19)13-10-12(20-2)4-5-15(13)21-3/h4-5,10H,6-9,11H2,1-3H3. The maximum Gasteiger partial charge on any atom is 0.177 e. The van der Waals surface area contributed by atoms with E-state index in [0.717, 1.165) is 30.5 Å². The van der Waals surface area contributed by atoms with E-state index in [2.05, 4.69) is 16.8 Å². The summed E-state index contributed by atoms with van der Waals surface area (Å²) in [7, 11) is 5.24. The Morgan fingerprint density at radius 2 is 1.91 bits per heavy atom. The first-order chi connectivity index (χ1) is 11.0. The van der Waals surface area contributed by atoms with Crippen molar-refractivity contribution in [2.45, 2.75) is 0 Å². The Morgan fingerprint density at radius 1 is 1.22 bits per heavy atom. The summed E-state index contributed by atoms with van der Waals surface area (Å²) in [6.45, 7) is 3.83. The van der Waals surface area contributed by atoms with Crippen molar-refractivity contribution in [1.82, 2.24) is 9.80 Å². The first-order valence-electron chi connectivity index (χ1n) is 7.40. The maximum atomic E-state index is 12.5. The highest BCUT2D eigenvalue weighted by Gasteiger charge is 2.19. The van der Waals surface area contributed by atoms with Crippen molar-refractivity contribution in [3.05, 3.63) is 23.8 Å². The van der Waals surface area contributed by atoms with E-state index in [1.807, 2.05) is 0 Å². The molecule has 2 rings (SSSR count). The molecular formula is C16H22N2O3S2. The molecule has 0 amide bonds. The molecule has 23 heavy (non-hydrogen) atoms. The van der Waals surface area contributed by atoms with Crippen molar-refractivity contribution >= 4 is 34.1 Å². The number of thiocarbonyl (C=S) groups is 1. The Balaban J connectivity index is 1.95. The summed E-state index contributed by atoms with van der Waals surface area (Å²) in [4.78, 5) is 16.9. The molecule has 1 aromatic rings. The first kappa shape index (κ1) is 18.0. The second-order valence-corrected chi connectivity index (χ2v) is 6.94. The topological polar surface area (TPSA) is 42.0 Å². The zero-order chi connectivity index (χ0) is 16.8. The Hall–Kier alpha value is -1.31. The van der Waals surface area contributed by atoms with Gasteiger partial charge in [-0.1, -0.05) is 24.0 Å². The van der Waals surface area contributed by atoms with Gasteiger partial charge in [0.2, 0.25) is 0 Å². The Morgan fingerprint density at radius 3 is 2.52 bits per heavy atom. The van der Waals surface area contributed by atoms with Crippen LogP contribution in [-0.2, 0) is 0 Å². The van der Waals surface area contributed by atoms with Gasteiger partial charge in [0.05, 0.1) is 25.5 Å². The minimum absolute atomic E-state index is 0.0118. The number of piperazine rings is 1. The highest BCUT2D eigenvalue weighted by molar-refractivity contribution is 8.23. The molecule has 7 heteroatoms. The number of hydrogen-bond acceptors (Lipinski definition) is 6. The molecule has 0 aliphatic carbocycles. The van der Waals surface area contributed by atoms with E-state index in [9.17, 15) is 4.79 Å². The number of hydrogen-bond donors (Lipinski definition) is 0. The van der Waals surface area contributed by atoms with E-state index < -0.39 is 0 Å². The summed E-state index contributed by atoms with van der Waals surface area (Å²) in [6.07, 6.45) is 0. The number of benzene rings is 1. The number of carbonyl (C=O) groups excluding carboxylic acids is 1. The summed E-state index contributed by atoms with van der Waals surface area (Å²) in [6, 6.07) is 5.23. The fraction of sp³-hybridized carbons (Fsp3) is 0.500. The number of thioether (sulfide) groups is 1. The second-order valence-electron chi connectivity index (χ2n) is 5.33. The molecule has 5 nitrogen and oxygen atoms in total. The van der Waals surface area contributed by atoms with E-state index >= 15 is 0 Å². The predicted octanol–water partition coefficient (Wildman–Crippen LogP) is 2.15. The number of carbonyl (C=O) groups is 1. The minimum Gasteiger partial charge on any atom is -0.497 e. The molecule has 0 spiro atoms. The number of ether oxygens (including phenoxy) is 2. The lowest BCUT2D eigenvalue weighted by molar-refractivity contribution is 0.101. The molecule has 0 atom stereocenters. The van der Waals surface area contributed by atoms with Crippen molar-refractivity contribution in [1.29, 1.82) is 0 Å². The van der Waals surface area contributed by atoms with Gasteiger partial charge in [0, 0.05) is 26.2 Å². The number of methoxy groups -OCH3 is 2. The van der Waals surface area contributed by atoms with Gasteiger partial charge in [0.25, 0.3) is 0 Å². The zero-order valence-corrected chi connectivity index (χ0v) is 15.3. The molecule has 1 aliphatic heterocycles. The third-order valence-corrected chi connectivity index (χ3v) is 5.32. The molecular weight excluding hydrogens is 332 g/mol. The summed E-state index contributed by atoms with van der Waals surface area (Å²) in [5, 5.41) is 0. The zero-order valence-electron chi connectivity index (χ0n) is 13.7. The molecule has 126 valence electrons. The lowest BCUT2D eigenvalue weighted by Gasteiger charge is -2.33. The largest absolute Gasteiger partial charge is 0.497 e. The number of nitrogens with zero attached hydrogens (tertiary/aromatic N) is 2. The maximum absolute atomic E-state index is 12.5. The Bertz CT molecular complexity index is 572. The van der Waals surface area contributed by atoms with Crippen LogP contribution < -0.4 is 9.47 Å². The molecule has 0 radical (unpaired) electrons. The summed E-state index contributed by atoms with van der Waals surface area (Å²) in [5.74, 6) is 1.49. The van der Waals surface area contributed by atoms with E-state index in [-0.39, 0.29) is 5.78 Å². The predicted molar refractivity (Wildman–Crippen MR) is 98.0 cm³/mol. The van der Waals surface area contributed by atoms with Crippen molar-refractivity contribution in [3.63, 3.8) is 0 Å². The van der Waals surface area contributed by atoms with Gasteiger partial charge in [-0.3, -0.25) is 4.79 Å². The fourth-order valence-electron chi connectivity index (χ4n) is 2.32. The van der Waals surface area contributed by atoms with Crippen molar-refractivity contribution in [2.24, 2.45) is 0 Å². The smallest absolute Gasteiger partial charge is 0.177 e. The molecule has 0 unspecified atom stereocenters. The van der Waals surface area contributed by atoms with Crippen molar-refractivity contribution in [2.75, 3.05) is 53.2 Å². The van der Waals surface area contributed by atoms with Crippen LogP contribution in [-0.4, -0.2) is 73.1 Å². The van der Waals surface area contributed by atoms with Crippen LogP contribution >= 0.6 is 24.0 Å². The van der Waals surface area contributed by atoms with Crippen LogP contribution in [0.1, 0.15) is 10.4 Å². The molecule has 0 N–H and O–H groups in total. The SMILES string of the molecule is COc1ccc(OC)c(C(=O)CSC(=S)N2CCN(C)CC2)c1. The Labute approximate surface area is 146 Å². The van der Waals surface area contributed by atoms with Crippen LogP contribution in [0.25, 0.3) is 0 Å². The van der Waals surface area contributed by atoms with Gasteiger partial charge in [0.15, 0.2) is 5.78 Å². The van der Waals surface area contributed by atoms with Crippen molar-refractivity contribution in [3.8, 4) is 11.5 Å². The van der Waals surface area contributed by atoms with Crippen LogP contribution in [0.2, 0.25) is 0 Å². The van der Waals surface area contributed by atoms with E-state index in [4.69, 9.17) is 21.7 Å². The van der Waals surface area contributed by atoms with Crippen LogP contribution in [0.4, 0.5) is 0 Å². The fourth-order valence-corrected chi connectivity index (χ4v) is 3.45. The molecule has 0 saturated carbocycles. The summed E-state index contributed by atoms with van der Waals surface area (Å²) in [5.41, 5.74) is 0.528. The number of Topliss-reactive ketones (excluding diaryl/α,β-unsaturated/α-hetero) is 1. The average molecular weight is 354 g/mol. The monoisotopic (exact) mass is 354 g/mol. The lowest BCUT2D eigenvalue weighted by atomic mass is 10.1. The molecule has 0 bridgehead atoms.